The van der Waals surface area contributed by atoms with Gasteiger partial charge in [0.25, 0.3) is 0 Å². The van der Waals surface area contributed by atoms with Crippen LogP contribution in [0.25, 0.3) is 16.3 Å². The molecule has 2 aliphatic rings. The summed E-state index contributed by atoms with van der Waals surface area (Å²) < 4.78 is 0. The molecule has 2 aromatic carbocycles. The van der Waals surface area contributed by atoms with E-state index in [0.717, 1.165) is 25.0 Å². The molecule has 0 radical (unpaired) electrons. The predicted molar refractivity (Wildman–Crippen MR) is 106 cm³/mol. The van der Waals surface area contributed by atoms with Crippen molar-refractivity contribution in [1.29, 1.82) is 0 Å². The Kier molecular flexibility index (Phi) is 4.57. The molecule has 130 valence electrons. The van der Waals surface area contributed by atoms with E-state index >= 15 is 0 Å². The minimum Gasteiger partial charge on any atom is -0.399 e. The molecule has 0 spiro atoms. The average Bonchev–Trinajstić information content (AvgIpc) is 2.94. The summed E-state index contributed by atoms with van der Waals surface area (Å²) in [7, 11) is 1.59. The van der Waals surface area contributed by atoms with Crippen LogP contribution in [0.1, 0.15) is 31.7 Å². The summed E-state index contributed by atoms with van der Waals surface area (Å²) in [5, 5.41) is 18.0. The maximum absolute atomic E-state index is 10.6. The Labute approximate surface area is 152 Å². The van der Waals surface area contributed by atoms with Crippen molar-refractivity contribution in [2.75, 3.05) is 7.11 Å². The number of benzene rings is 2. The third kappa shape index (κ3) is 2.98. The molecule has 1 saturated heterocycles. The van der Waals surface area contributed by atoms with Crippen LogP contribution in [0, 0.1) is 0 Å². The van der Waals surface area contributed by atoms with Crippen LogP contribution >= 0.6 is 11.8 Å². The van der Waals surface area contributed by atoms with Gasteiger partial charge in [0, 0.05) is 5.25 Å². The summed E-state index contributed by atoms with van der Waals surface area (Å²) in [6, 6.07) is 15.1. The fourth-order valence-electron chi connectivity index (χ4n) is 4.05. The molecule has 3 atom stereocenters. The van der Waals surface area contributed by atoms with E-state index < -0.39 is 0 Å². The van der Waals surface area contributed by atoms with Crippen molar-refractivity contribution in [3.63, 3.8) is 0 Å². The Hall–Kier alpha value is -1.78. The van der Waals surface area contributed by atoms with Crippen molar-refractivity contribution >= 4 is 33.8 Å². The monoisotopic (exact) mass is 353 g/mol. The van der Waals surface area contributed by atoms with E-state index in [1.54, 1.807) is 7.11 Å². The van der Waals surface area contributed by atoms with Gasteiger partial charge in [-0.1, -0.05) is 48.5 Å². The van der Waals surface area contributed by atoms with Gasteiger partial charge >= 0.3 is 0 Å². The number of rotatable bonds is 4. The summed E-state index contributed by atoms with van der Waals surface area (Å²) in [5.41, 5.74) is 4.72. The van der Waals surface area contributed by atoms with Crippen molar-refractivity contribution in [3.8, 4) is 0 Å². The highest BCUT2D eigenvalue weighted by Gasteiger charge is 2.43. The van der Waals surface area contributed by atoms with Gasteiger partial charge in [0.2, 0.25) is 0 Å². The largest absolute Gasteiger partial charge is 0.399 e. The zero-order valence-corrected chi connectivity index (χ0v) is 15.4. The maximum Gasteiger partial charge on any atom is 0.106 e. The number of nitrogens with zero attached hydrogens (tertiary/aromatic N) is 1. The molecule has 2 unspecified atom stereocenters. The summed E-state index contributed by atoms with van der Waals surface area (Å²) in [6.07, 6.45) is 2.35. The highest BCUT2D eigenvalue weighted by molar-refractivity contribution is 8.01. The first-order valence-electron chi connectivity index (χ1n) is 8.87. The second-order valence-electron chi connectivity index (χ2n) is 6.71. The van der Waals surface area contributed by atoms with Crippen LogP contribution in [0.15, 0.2) is 53.2 Å². The molecule has 1 fully saturated rings. The lowest BCUT2D eigenvalue weighted by atomic mass is 9.90. The van der Waals surface area contributed by atoms with Crippen LogP contribution in [0.3, 0.4) is 0 Å². The van der Waals surface area contributed by atoms with Crippen LogP contribution in [0.5, 0.6) is 0 Å². The highest BCUT2D eigenvalue weighted by atomic mass is 32.2. The zero-order chi connectivity index (χ0) is 17.4. The molecule has 4 heteroatoms. The number of oxime groups is 1. The number of thioether (sulfide) groups is 1. The normalized spacial score (nSPS) is 26.4. The molecule has 2 bridgehead atoms. The van der Waals surface area contributed by atoms with Crippen LogP contribution < -0.4 is 0 Å². The number of hydrogen-bond acceptors (Lipinski definition) is 4. The van der Waals surface area contributed by atoms with Gasteiger partial charge in [-0.15, -0.1) is 11.8 Å². The molecule has 2 aliphatic heterocycles. The van der Waals surface area contributed by atoms with Gasteiger partial charge in [-0.05, 0) is 52.8 Å². The molecule has 1 N–H and O–H groups in total. The molecule has 0 aliphatic carbocycles. The minimum atomic E-state index is -0.295. The average molecular weight is 353 g/mol. The van der Waals surface area contributed by atoms with Gasteiger partial charge < -0.3 is 9.94 Å². The maximum atomic E-state index is 10.6. The Morgan fingerprint density at radius 2 is 2.04 bits per heavy atom. The quantitative estimate of drug-likeness (QED) is 0.643. The van der Waals surface area contributed by atoms with Crippen molar-refractivity contribution in [2.45, 2.75) is 42.8 Å². The first-order valence-corrected chi connectivity index (χ1v) is 9.81. The third-order valence-electron chi connectivity index (χ3n) is 5.18. The van der Waals surface area contributed by atoms with Gasteiger partial charge in [-0.25, -0.2) is 0 Å². The van der Waals surface area contributed by atoms with E-state index in [4.69, 9.17) is 4.84 Å². The summed E-state index contributed by atoms with van der Waals surface area (Å²) in [6.45, 7) is 2.10. The lowest BCUT2D eigenvalue weighted by Crippen LogP contribution is -2.26. The van der Waals surface area contributed by atoms with E-state index in [2.05, 4.69) is 54.5 Å². The van der Waals surface area contributed by atoms with E-state index in [1.165, 1.54) is 27.5 Å². The summed E-state index contributed by atoms with van der Waals surface area (Å²) >= 11 is 1.90. The fourth-order valence-corrected chi connectivity index (χ4v) is 5.74. The van der Waals surface area contributed by atoms with Crippen LogP contribution in [-0.4, -0.2) is 34.5 Å². The van der Waals surface area contributed by atoms with Crippen LogP contribution in [-0.2, 0) is 4.84 Å². The van der Waals surface area contributed by atoms with Crippen LogP contribution in [0.2, 0.25) is 0 Å². The first-order chi connectivity index (χ1) is 12.2. The first kappa shape index (κ1) is 16.7. The van der Waals surface area contributed by atoms with Crippen molar-refractivity contribution < 1.29 is 9.94 Å². The van der Waals surface area contributed by atoms with Crippen LogP contribution in [0.4, 0.5) is 0 Å². The van der Waals surface area contributed by atoms with E-state index in [1.807, 2.05) is 11.8 Å². The molecule has 25 heavy (non-hydrogen) atoms. The van der Waals surface area contributed by atoms with Gasteiger partial charge in [0.1, 0.15) is 7.11 Å². The molecular formula is C21H23NO2S. The summed E-state index contributed by atoms with van der Waals surface area (Å²) in [5.74, 6) is 0. The molecule has 0 amide bonds. The lowest BCUT2D eigenvalue weighted by Gasteiger charge is -2.28. The SMILES string of the molecule is CCC(=NOC)C1=C(c2ccc3ccccc3c2)CC2CC(O)[C@H]1S2. The van der Waals surface area contributed by atoms with E-state index in [0.29, 0.717) is 5.25 Å². The number of fused-ring (bicyclic) bond motifs is 3. The minimum absolute atomic E-state index is 0.106. The Bertz CT molecular complexity index is 858. The molecule has 4 rings (SSSR count). The molecule has 0 saturated carbocycles. The molecular weight excluding hydrogens is 330 g/mol. The Morgan fingerprint density at radius 1 is 1.24 bits per heavy atom. The molecule has 0 aromatic heterocycles. The topological polar surface area (TPSA) is 41.8 Å². The second kappa shape index (κ2) is 6.85. The highest BCUT2D eigenvalue weighted by Crippen LogP contribution is 2.50. The standard InChI is InChI=1S/C21H23NO2S/c1-3-18(22-24-2)20-17(11-16-12-19(23)21(20)25-16)15-9-8-13-6-4-5-7-14(13)10-15/h4-10,16,19,21,23H,3,11-12H2,1-2H3/t16?,19?,21-/m1/s1. The zero-order valence-electron chi connectivity index (χ0n) is 14.6. The molecule has 3 nitrogen and oxygen atoms in total. The van der Waals surface area contributed by atoms with Crippen molar-refractivity contribution in [2.24, 2.45) is 5.16 Å². The van der Waals surface area contributed by atoms with Gasteiger partial charge in [-0.2, -0.15) is 0 Å². The predicted octanol–water partition coefficient (Wildman–Crippen LogP) is 4.64. The number of allylic oxidation sites excluding steroid dienone is 1. The third-order valence-corrected chi connectivity index (χ3v) is 6.77. The Morgan fingerprint density at radius 3 is 2.80 bits per heavy atom. The Balaban J connectivity index is 1.89. The second-order valence-corrected chi connectivity index (χ2v) is 8.16. The van der Waals surface area contributed by atoms with Gasteiger partial charge in [0.15, 0.2) is 0 Å². The number of hydrogen-bond donors (Lipinski definition) is 1. The van der Waals surface area contributed by atoms with E-state index in [-0.39, 0.29) is 11.4 Å². The molecule has 2 heterocycles. The van der Waals surface area contributed by atoms with Crippen molar-refractivity contribution in [1.82, 2.24) is 0 Å². The number of aliphatic hydroxyl groups excluding tert-OH is 1. The summed E-state index contributed by atoms with van der Waals surface area (Å²) in [4.78, 5) is 5.11. The molecule has 2 aromatic rings. The lowest BCUT2D eigenvalue weighted by molar-refractivity contribution is 0.181. The fraction of sp³-hybridized carbons (Fsp3) is 0.381. The van der Waals surface area contributed by atoms with E-state index in [9.17, 15) is 5.11 Å². The van der Waals surface area contributed by atoms with Crippen molar-refractivity contribution in [3.05, 3.63) is 53.6 Å². The smallest absolute Gasteiger partial charge is 0.106 e. The van der Waals surface area contributed by atoms with Gasteiger partial charge in [-0.3, -0.25) is 0 Å². The van der Waals surface area contributed by atoms with Gasteiger partial charge in [0.05, 0.1) is 17.1 Å². The number of aliphatic hydroxyl groups is 1.